The molecule has 0 atom stereocenters. The minimum Gasteiger partial charge on any atom is -0.449 e. The molecule has 0 radical (unpaired) electrons. The summed E-state index contributed by atoms with van der Waals surface area (Å²) in [6, 6.07) is -0.124. The molecule has 0 unspecified atom stereocenters. The number of urea groups is 1. The summed E-state index contributed by atoms with van der Waals surface area (Å²) in [5.41, 5.74) is -0.769. The largest absolute Gasteiger partial charge is 0.449 e. The zero-order chi connectivity index (χ0) is 24.8. The highest BCUT2D eigenvalue weighted by Gasteiger charge is 2.20. The van der Waals surface area contributed by atoms with Gasteiger partial charge in [-0.05, 0) is 54.4 Å². The van der Waals surface area contributed by atoms with Crippen LogP contribution in [0.15, 0.2) is 0 Å². The third-order valence-electron chi connectivity index (χ3n) is 4.36. The highest BCUT2D eigenvalue weighted by molar-refractivity contribution is 5.74. The summed E-state index contributed by atoms with van der Waals surface area (Å²) in [5, 5.41) is 5.74. The van der Waals surface area contributed by atoms with E-state index in [0.29, 0.717) is 26.2 Å². The van der Waals surface area contributed by atoms with Crippen LogP contribution < -0.4 is 10.6 Å². The van der Waals surface area contributed by atoms with Gasteiger partial charge in [-0.3, -0.25) is 0 Å². The second-order valence-corrected chi connectivity index (χ2v) is 10.2. The van der Waals surface area contributed by atoms with E-state index in [1.54, 1.807) is 14.1 Å². The Balaban J connectivity index is 3.70. The first kappa shape index (κ1) is 29.8. The number of hydrogen-bond acceptors (Lipinski definition) is 5. The first-order valence-electron chi connectivity index (χ1n) is 11.6. The molecular weight excluding hydrogens is 412 g/mol. The minimum atomic E-state index is -0.546. The van der Waals surface area contributed by atoms with Crippen LogP contribution in [0.3, 0.4) is 0 Å². The van der Waals surface area contributed by atoms with E-state index in [1.165, 1.54) is 9.80 Å². The Kier molecular flexibility index (Phi) is 13.8. The molecule has 0 aliphatic carbocycles. The highest BCUT2D eigenvalue weighted by atomic mass is 16.6. The Labute approximate surface area is 194 Å². The highest BCUT2D eigenvalue weighted by Crippen LogP contribution is 2.09. The molecule has 2 N–H and O–H groups in total. The van der Waals surface area contributed by atoms with Crippen LogP contribution in [0.4, 0.5) is 14.4 Å². The fourth-order valence-electron chi connectivity index (χ4n) is 2.61. The molecule has 0 heterocycles. The monoisotopic (exact) mass is 458 g/mol. The van der Waals surface area contributed by atoms with E-state index in [1.807, 2.05) is 41.5 Å². The Hall–Kier alpha value is -2.19. The van der Waals surface area contributed by atoms with Crippen LogP contribution in [0, 0.1) is 0 Å². The van der Waals surface area contributed by atoms with Crippen LogP contribution in [0.25, 0.3) is 0 Å². The number of likely N-dealkylation sites (N-methyl/N-ethyl adjacent to an activating group) is 2. The maximum Gasteiger partial charge on any atom is 0.410 e. The molecule has 0 bridgehead atoms. The summed E-state index contributed by atoms with van der Waals surface area (Å²) in [6.07, 6.45) is 5.19. The molecule has 0 aliphatic heterocycles. The SMILES string of the molecule is CN(CCN(C)C(=O)OC(C)(C)C)C(=O)OCCCCCCCCNC(=O)NC(C)(C)C. The Morgan fingerprint density at radius 1 is 0.750 bits per heavy atom. The zero-order valence-corrected chi connectivity index (χ0v) is 21.5. The average Bonchev–Trinajstić information content (AvgIpc) is 2.64. The fraction of sp³-hybridized carbons (Fsp3) is 0.870. The van der Waals surface area contributed by atoms with Crippen molar-refractivity contribution in [3.05, 3.63) is 0 Å². The molecule has 4 amide bonds. The summed E-state index contributed by atoms with van der Waals surface area (Å²) in [7, 11) is 3.30. The molecule has 0 aliphatic rings. The van der Waals surface area contributed by atoms with Crippen molar-refractivity contribution in [3.8, 4) is 0 Å². The Morgan fingerprint density at radius 2 is 1.25 bits per heavy atom. The van der Waals surface area contributed by atoms with Gasteiger partial charge in [-0.15, -0.1) is 0 Å². The number of carbonyl (C=O) groups excluding carboxylic acids is 3. The van der Waals surface area contributed by atoms with Gasteiger partial charge in [0, 0.05) is 39.3 Å². The van der Waals surface area contributed by atoms with E-state index in [4.69, 9.17) is 9.47 Å². The number of hydrogen-bond donors (Lipinski definition) is 2. The van der Waals surface area contributed by atoms with Gasteiger partial charge in [0.2, 0.25) is 0 Å². The molecule has 0 saturated carbocycles. The van der Waals surface area contributed by atoms with E-state index in [-0.39, 0.29) is 17.7 Å². The van der Waals surface area contributed by atoms with Gasteiger partial charge in [0.1, 0.15) is 5.60 Å². The molecule has 0 rings (SSSR count). The summed E-state index contributed by atoms with van der Waals surface area (Å²) in [5.74, 6) is 0. The van der Waals surface area contributed by atoms with Gasteiger partial charge in [-0.1, -0.05) is 25.7 Å². The fourth-order valence-corrected chi connectivity index (χ4v) is 2.61. The molecular formula is C23H46N4O5. The average molecular weight is 459 g/mol. The van der Waals surface area contributed by atoms with Gasteiger partial charge in [-0.25, -0.2) is 14.4 Å². The summed E-state index contributed by atoms with van der Waals surface area (Å²) in [6.45, 7) is 13.1. The third-order valence-corrected chi connectivity index (χ3v) is 4.36. The number of rotatable bonds is 12. The molecule has 9 heteroatoms. The number of unbranched alkanes of at least 4 members (excludes halogenated alkanes) is 5. The number of ether oxygens (including phenoxy) is 2. The normalized spacial score (nSPS) is 11.5. The molecule has 0 aromatic rings. The van der Waals surface area contributed by atoms with Crippen molar-refractivity contribution < 1.29 is 23.9 Å². The predicted molar refractivity (Wildman–Crippen MR) is 127 cm³/mol. The van der Waals surface area contributed by atoms with Gasteiger partial charge in [0.15, 0.2) is 0 Å². The first-order chi connectivity index (χ1) is 14.7. The van der Waals surface area contributed by atoms with Crippen LogP contribution in [-0.2, 0) is 9.47 Å². The second-order valence-electron chi connectivity index (χ2n) is 10.2. The van der Waals surface area contributed by atoms with E-state index < -0.39 is 11.7 Å². The zero-order valence-electron chi connectivity index (χ0n) is 21.5. The topological polar surface area (TPSA) is 100 Å². The molecule has 0 spiro atoms. The molecule has 0 aromatic carbocycles. The molecule has 0 fully saturated rings. The third kappa shape index (κ3) is 17.5. The van der Waals surface area contributed by atoms with Crippen molar-refractivity contribution in [1.82, 2.24) is 20.4 Å². The predicted octanol–water partition coefficient (Wildman–Crippen LogP) is 4.36. The molecule has 32 heavy (non-hydrogen) atoms. The van der Waals surface area contributed by atoms with Gasteiger partial charge in [0.05, 0.1) is 6.61 Å². The molecule has 9 nitrogen and oxygen atoms in total. The lowest BCUT2D eigenvalue weighted by Gasteiger charge is -2.26. The minimum absolute atomic E-state index is 0.124. The van der Waals surface area contributed by atoms with E-state index in [9.17, 15) is 14.4 Å². The van der Waals surface area contributed by atoms with Gasteiger partial charge in [0.25, 0.3) is 0 Å². The van der Waals surface area contributed by atoms with Crippen molar-refractivity contribution in [2.75, 3.05) is 40.3 Å². The van der Waals surface area contributed by atoms with Crippen molar-refractivity contribution in [2.24, 2.45) is 0 Å². The molecule has 0 saturated heterocycles. The van der Waals surface area contributed by atoms with Crippen molar-refractivity contribution in [1.29, 1.82) is 0 Å². The smallest absolute Gasteiger partial charge is 0.410 e. The van der Waals surface area contributed by atoms with E-state index >= 15 is 0 Å². The number of carbonyl (C=O) groups is 3. The van der Waals surface area contributed by atoms with Crippen molar-refractivity contribution >= 4 is 18.2 Å². The van der Waals surface area contributed by atoms with Gasteiger partial charge in [-0.2, -0.15) is 0 Å². The molecule has 0 aromatic heterocycles. The van der Waals surface area contributed by atoms with E-state index in [2.05, 4.69) is 10.6 Å². The maximum atomic E-state index is 12.0. The summed E-state index contributed by atoms with van der Waals surface area (Å²) < 4.78 is 10.6. The first-order valence-corrected chi connectivity index (χ1v) is 11.6. The second kappa shape index (κ2) is 14.8. The standard InChI is InChI=1S/C23H46N4O5/c1-22(2,3)25-19(28)24-15-13-11-9-10-12-14-18-31-20(29)26(7)16-17-27(8)21(30)32-23(4,5)6/h9-18H2,1-8H3,(H2,24,25,28). The van der Waals surface area contributed by atoms with Crippen molar-refractivity contribution in [3.63, 3.8) is 0 Å². The lowest BCUT2D eigenvalue weighted by molar-refractivity contribution is 0.0282. The van der Waals surface area contributed by atoms with Crippen molar-refractivity contribution in [2.45, 2.75) is 91.2 Å². The van der Waals surface area contributed by atoms with Crippen LogP contribution in [0.2, 0.25) is 0 Å². The van der Waals surface area contributed by atoms with Crippen LogP contribution in [-0.4, -0.2) is 79.5 Å². The lowest BCUT2D eigenvalue weighted by atomic mass is 10.1. The van der Waals surface area contributed by atoms with Gasteiger partial charge >= 0.3 is 18.2 Å². The van der Waals surface area contributed by atoms with E-state index in [0.717, 1.165) is 38.5 Å². The van der Waals surface area contributed by atoms with Crippen LogP contribution >= 0.6 is 0 Å². The summed E-state index contributed by atoms with van der Waals surface area (Å²) >= 11 is 0. The molecule has 188 valence electrons. The summed E-state index contributed by atoms with van der Waals surface area (Å²) in [4.78, 5) is 38.5. The number of amides is 4. The lowest BCUT2D eigenvalue weighted by Crippen LogP contribution is -2.46. The van der Waals surface area contributed by atoms with Crippen LogP contribution in [0.1, 0.15) is 80.1 Å². The van der Waals surface area contributed by atoms with Crippen LogP contribution in [0.5, 0.6) is 0 Å². The maximum absolute atomic E-state index is 12.0. The number of nitrogens with zero attached hydrogens (tertiary/aromatic N) is 2. The Morgan fingerprint density at radius 3 is 1.78 bits per heavy atom. The Bertz CT molecular complexity index is 570. The quantitative estimate of drug-likeness (QED) is 0.423. The number of nitrogens with one attached hydrogen (secondary N) is 2. The van der Waals surface area contributed by atoms with Gasteiger partial charge < -0.3 is 29.9 Å².